The van der Waals surface area contributed by atoms with Crippen molar-refractivity contribution in [2.24, 2.45) is 0 Å². The first-order valence-electron chi connectivity index (χ1n) is 10.9. The highest BCUT2D eigenvalue weighted by Gasteiger charge is 2.32. The molecule has 2 heterocycles. The number of anilines is 2. The smallest absolute Gasteiger partial charge is 0.365 e. The molecular formula is C24H25ClF3N3O2. The highest BCUT2D eigenvalue weighted by molar-refractivity contribution is 6.34. The van der Waals surface area contributed by atoms with Crippen LogP contribution < -0.4 is 10.2 Å². The number of likely N-dealkylation sites (tertiary alicyclic amines) is 1. The predicted octanol–water partition coefficient (Wildman–Crippen LogP) is 5.26. The zero-order valence-electron chi connectivity index (χ0n) is 18.2. The van der Waals surface area contributed by atoms with E-state index in [-0.39, 0.29) is 11.8 Å². The first-order valence-corrected chi connectivity index (χ1v) is 11.3. The Labute approximate surface area is 195 Å². The van der Waals surface area contributed by atoms with Crippen molar-refractivity contribution in [2.45, 2.75) is 51.4 Å². The van der Waals surface area contributed by atoms with Gasteiger partial charge >= 0.3 is 6.18 Å². The minimum Gasteiger partial charge on any atom is -0.365 e. The summed E-state index contributed by atoms with van der Waals surface area (Å²) in [5.74, 6) is -0.332. The van der Waals surface area contributed by atoms with E-state index in [2.05, 4.69) is 5.32 Å². The van der Waals surface area contributed by atoms with Crippen molar-refractivity contribution in [1.82, 2.24) is 4.90 Å². The molecule has 1 unspecified atom stereocenters. The van der Waals surface area contributed by atoms with Crippen molar-refractivity contribution in [3.63, 3.8) is 0 Å². The van der Waals surface area contributed by atoms with E-state index in [9.17, 15) is 22.8 Å². The number of fused-ring (bicyclic) bond motifs is 1. The minimum atomic E-state index is -4.36. The summed E-state index contributed by atoms with van der Waals surface area (Å²) in [6, 6.07) is 8.21. The summed E-state index contributed by atoms with van der Waals surface area (Å²) in [4.78, 5) is 28.4. The van der Waals surface area contributed by atoms with Crippen LogP contribution in [0.15, 0.2) is 36.4 Å². The minimum absolute atomic E-state index is 0.110. The Morgan fingerprint density at radius 3 is 2.52 bits per heavy atom. The van der Waals surface area contributed by atoms with Crippen LogP contribution in [0.2, 0.25) is 5.02 Å². The number of carbonyl (C=O) groups is 2. The normalized spacial score (nSPS) is 18.3. The summed E-state index contributed by atoms with van der Waals surface area (Å²) in [7, 11) is 0. The van der Waals surface area contributed by atoms with Crippen molar-refractivity contribution in [1.29, 1.82) is 0 Å². The van der Waals surface area contributed by atoms with Gasteiger partial charge in [0, 0.05) is 32.2 Å². The molecule has 0 aromatic heterocycles. The number of carbonyl (C=O) groups excluding carboxylic acids is 2. The molecule has 1 atom stereocenters. The van der Waals surface area contributed by atoms with E-state index in [1.807, 2.05) is 11.0 Å². The molecule has 1 fully saturated rings. The van der Waals surface area contributed by atoms with E-state index in [4.69, 9.17) is 11.6 Å². The van der Waals surface area contributed by atoms with Gasteiger partial charge in [-0.2, -0.15) is 13.2 Å². The molecule has 2 aliphatic heterocycles. The molecule has 4 rings (SSSR count). The maximum Gasteiger partial charge on any atom is 0.416 e. The Hall–Kier alpha value is -2.74. The van der Waals surface area contributed by atoms with Crippen LogP contribution in [-0.4, -0.2) is 35.8 Å². The van der Waals surface area contributed by atoms with Gasteiger partial charge in [-0.3, -0.25) is 9.59 Å². The first-order chi connectivity index (χ1) is 15.6. The number of hydrogen-bond acceptors (Lipinski definition) is 3. The topological polar surface area (TPSA) is 52.7 Å². The maximum atomic E-state index is 12.9. The van der Waals surface area contributed by atoms with Crippen LogP contribution in [0.3, 0.4) is 0 Å². The highest BCUT2D eigenvalue weighted by atomic mass is 35.5. The SMILES string of the molecule is CC(=O)N1CCCCC1C(=O)Nc1cc(Cl)c2c(c1)CCN2Cc1ccc(C(F)(F)F)cc1. The van der Waals surface area contributed by atoms with Gasteiger partial charge in [-0.25, -0.2) is 0 Å². The van der Waals surface area contributed by atoms with Crippen molar-refractivity contribution in [3.8, 4) is 0 Å². The number of halogens is 4. The van der Waals surface area contributed by atoms with E-state index < -0.39 is 17.8 Å². The number of nitrogens with zero attached hydrogens (tertiary/aromatic N) is 2. The third-order valence-corrected chi connectivity index (χ3v) is 6.53. The fourth-order valence-electron chi connectivity index (χ4n) is 4.62. The van der Waals surface area contributed by atoms with Crippen LogP contribution in [0.5, 0.6) is 0 Å². The van der Waals surface area contributed by atoms with Gasteiger partial charge in [0.25, 0.3) is 0 Å². The first kappa shape index (κ1) is 23.4. The zero-order valence-corrected chi connectivity index (χ0v) is 19.0. The molecule has 176 valence electrons. The third kappa shape index (κ3) is 5.11. The quantitative estimate of drug-likeness (QED) is 0.650. The lowest BCUT2D eigenvalue weighted by atomic mass is 10.0. The number of alkyl halides is 3. The zero-order chi connectivity index (χ0) is 23.8. The Balaban J connectivity index is 1.47. The number of piperidine rings is 1. The number of nitrogens with one attached hydrogen (secondary N) is 1. The molecular weight excluding hydrogens is 455 g/mol. The van der Waals surface area contributed by atoms with Crippen LogP contribution in [0, 0.1) is 0 Å². The standard InChI is InChI=1S/C24H25ClF3N3O2/c1-15(32)31-10-3-2-4-21(31)23(33)29-19-12-17-9-11-30(22(17)20(25)13-19)14-16-5-7-18(8-6-16)24(26,27)28/h5-8,12-13,21H,2-4,9-11,14H2,1H3,(H,29,33). The molecule has 0 saturated carbocycles. The Kier molecular flexibility index (Phi) is 6.56. The summed E-state index contributed by atoms with van der Waals surface area (Å²) in [6.07, 6.45) is -1.23. The molecule has 2 aliphatic rings. The molecule has 2 aromatic carbocycles. The van der Waals surface area contributed by atoms with E-state index in [1.165, 1.54) is 19.1 Å². The van der Waals surface area contributed by atoms with Crippen LogP contribution in [0.25, 0.3) is 0 Å². The van der Waals surface area contributed by atoms with Crippen LogP contribution in [0.1, 0.15) is 42.9 Å². The Morgan fingerprint density at radius 1 is 1.12 bits per heavy atom. The summed E-state index contributed by atoms with van der Waals surface area (Å²) in [6.45, 7) is 3.17. The number of hydrogen-bond donors (Lipinski definition) is 1. The van der Waals surface area contributed by atoms with Crippen molar-refractivity contribution in [3.05, 3.63) is 58.1 Å². The Bertz CT molecular complexity index is 1060. The molecule has 0 spiro atoms. The molecule has 33 heavy (non-hydrogen) atoms. The lowest BCUT2D eigenvalue weighted by Gasteiger charge is -2.34. The van der Waals surface area contributed by atoms with Gasteiger partial charge in [0.05, 0.1) is 16.3 Å². The van der Waals surface area contributed by atoms with E-state index in [0.29, 0.717) is 43.2 Å². The molecule has 9 heteroatoms. The molecule has 2 amide bonds. The second kappa shape index (κ2) is 9.25. The third-order valence-electron chi connectivity index (χ3n) is 6.24. The fourth-order valence-corrected chi connectivity index (χ4v) is 4.98. The molecule has 0 bridgehead atoms. The summed E-state index contributed by atoms with van der Waals surface area (Å²) >= 11 is 6.56. The summed E-state index contributed by atoms with van der Waals surface area (Å²) in [5.41, 5.74) is 2.46. The van der Waals surface area contributed by atoms with Crippen molar-refractivity contribution >= 4 is 34.8 Å². The van der Waals surface area contributed by atoms with Crippen LogP contribution in [0.4, 0.5) is 24.5 Å². The van der Waals surface area contributed by atoms with E-state index in [1.54, 1.807) is 11.0 Å². The molecule has 5 nitrogen and oxygen atoms in total. The maximum absolute atomic E-state index is 12.9. The van der Waals surface area contributed by atoms with Gasteiger partial charge in [-0.05, 0) is 61.1 Å². The average Bonchev–Trinajstić information content (AvgIpc) is 3.16. The fraction of sp³-hybridized carbons (Fsp3) is 0.417. The van der Waals surface area contributed by atoms with Gasteiger partial charge in [0.15, 0.2) is 0 Å². The second-order valence-electron chi connectivity index (χ2n) is 8.55. The second-order valence-corrected chi connectivity index (χ2v) is 8.95. The lowest BCUT2D eigenvalue weighted by molar-refractivity contribution is -0.138. The van der Waals surface area contributed by atoms with E-state index in [0.717, 1.165) is 41.8 Å². The lowest BCUT2D eigenvalue weighted by Crippen LogP contribution is -2.49. The molecule has 1 saturated heterocycles. The van der Waals surface area contributed by atoms with E-state index >= 15 is 0 Å². The van der Waals surface area contributed by atoms with Crippen molar-refractivity contribution in [2.75, 3.05) is 23.3 Å². The van der Waals surface area contributed by atoms with Crippen LogP contribution >= 0.6 is 11.6 Å². The van der Waals surface area contributed by atoms with Gasteiger partial charge in [-0.15, -0.1) is 0 Å². The molecule has 0 aliphatic carbocycles. The van der Waals surface area contributed by atoms with Gasteiger partial charge < -0.3 is 15.1 Å². The average molecular weight is 480 g/mol. The highest BCUT2D eigenvalue weighted by Crippen LogP contribution is 2.39. The number of amides is 2. The summed E-state index contributed by atoms with van der Waals surface area (Å²) in [5, 5.41) is 3.38. The van der Waals surface area contributed by atoms with Gasteiger partial charge in [-0.1, -0.05) is 23.7 Å². The van der Waals surface area contributed by atoms with Gasteiger partial charge in [0.2, 0.25) is 11.8 Å². The monoisotopic (exact) mass is 479 g/mol. The Morgan fingerprint density at radius 2 is 1.85 bits per heavy atom. The molecule has 0 radical (unpaired) electrons. The largest absolute Gasteiger partial charge is 0.416 e. The van der Waals surface area contributed by atoms with Crippen LogP contribution in [-0.2, 0) is 28.7 Å². The molecule has 1 N–H and O–H groups in total. The predicted molar refractivity (Wildman–Crippen MR) is 121 cm³/mol. The summed E-state index contributed by atoms with van der Waals surface area (Å²) < 4.78 is 38.4. The van der Waals surface area contributed by atoms with Gasteiger partial charge in [0.1, 0.15) is 6.04 Å². The molecule has 2 aromatic rings. The number of benzene rings is 2. The van der Waals surface area contributed by atoms with Crippen molar-refractivity contribution < 1.29 is 22.8 Å². The number of rotatable bonds is 4.